The van der Waals surface area contributed by atoms with Crippen molar-refractivity contribution in [3.63, 3.8) is 0 Å². The fraction of sp³-hybridized carbons (Fsp3) is 0.421. The molecule has 0 atom stereocenters. The lowest BCUT2D eigenvalue weighted by molar-refractivity contribution is -0.141. The normalized spacial score (nSPS) is 15.7. The van der Waals surface area contributed by atoms with Crippen molar-refractivity contribution in [1.82, 2.24) is 14.9 Å². The van der Waals surface area contributed by atoms with E-state index < -0.39 is 11.9 Å². The van der Waals surface area contributed by atoms with Gasteiger partial charge in [-0.3, -0.25) is 0 Å². The molecule has 0 N–H and O–H groups in total. The van der Waals surface area contributed by atoms with Gasteiger partial charge >= 0.3 is 6.18 Å². The second-order valence-electron chi connectivity index (χ2n) is 6.80. The fourth-order valence-electron chi connectivity index (χ4n) is 3.20. The zero-order valence-electron chi connectivity index (χ0n) is 15.6. The number of anilines is 1. The Morgan fingerprint density at radius 1 is 1.21 bits per heavy atom. The molecule has 9 heteroatoms. The molecule has 0 unspecified atom stereocenters. The molecule has 3 rings (SSSR count). The molecule has 0 bridgehead atoms. The molecule has 2 heterocycles. The molecule has 1 aromatic carbocycles. The van der Waals surface area contributed by atoms with Crippen LogP contribution >= 0.6 is 11.8 Å². The summed E-state index contributed by atoms with van der Waals surface area (Å²) in [6.45, 7) is 1.68. The van der Waals surface area contributed by atoms with E-state index in [2.05, 4.69) is 39.9 Å². The summed E-state index contributed by atoms with van der Waals surface area (Å²) >= 11 is 1.05. The van der Waals surface area contributed by atoms with Crippen LogP contribution in [0.4, 0.5) is 18.9 Å². The largest absolute Gasteiger partial charge is 0.433 e. The van der Waals surface area contributed by atoms with E-state index in [9.17, 15) is 18.4 Å². The van der Waals surface area contributed by atoms with Crippen molar-refractivity contribution < 1.29 is 13.2 Å². The maximum Gasteiger partial charge on any atom is 0.433 e. The van der Waals surface area contributed by atoms with E-state index >= 15 is 0 Å². The predicted octanol–water partition coefficient (Wildman–Crippen LogP) is 4.05. The zero-order chi connectivity index (χ0) is 20.3. The molecule has 5 nitrogen and oxygen atoms in total. The Labute approximate surface area is 166 Å². The van der Waals surface area contributed by atoms with Gasteiger partial charge in [0, 0.05) is 30.2 Å². The number of hydrogen-bond acceptors (Lipinski definition) is 6. The third-order valence-electron chi connectivity index (χ3n) is 4.75. The van der Waals surface area contributed by atoms with Crippen LogP contribution < -0.4 is 4.90 Å². The Balaban J connectivity index is 1.88. The summed E-state index contributed by atoms with van der Waals surface area (Å²) in [6.07, 6.45) is -1.42. The third-order valence-corrected chi connectivity index (χ3v) is 5.68. The lowest BCUT2D eigenvalue weighted by Crippen LogP contribution is -2.42. The lowest BCUT2D eigenvalue weighted by Gasteiger charge is -2.37. The quantitative estimate of drug-likeness (QED) is 0.713. The van der Waals surface area contributed by atoms with Crippen LogP contribution in [0.3, 0.4) is 0 Å². The maximum absolute atomic E-state index is 12.9. The number of nitriles is 1. The molecule has 0 saturated carbocycles. The van der Waals surface area contributed by atoms with Crippen LogP contribution in [-0.4, -0.2) is 48.1 Å². The highest BCUT2D eigenvalue weighted by Crippen LogP contribution is 2.37. The summed E-state index contributed by atoms with van der Waals surface area (Å²) in [6, 6.07) is 8.70. The number of benzene rings is 1. The molecule has 2 aromatic rings. The first-order valence-electron chi connectivity index (χ1n) is 8.81. The van der Waals surface area contributed by atoms with Crippen molar-refractivity contribution in [1.29, 1.82) is 5.26 Å². The van der Waals surface area contributed by atoms with Crippen LogP contribution in [0.1, 0.15) is 24.1 Å². The summed E-state index contributed by atoms with van der Waals surface area (Å²) in [5.74, 6) is 0. The number of nitrogens with zero attached hydrogens (tertiary/aromatic N) is 5. The van der Waals surface area contributed by atoms with E-state index in [-0.39, 0.29) is 5.16 Å². The predicted molar refractivity (Wildman–Crippen MR) is 101 cm³/mol. The minimum absolute atomic E-state index is 0.00865. The number of halogens is 3. The average molecular weight is 407 g/mol. The van der Waals surface area contributed by atoms with Crippen LogP contribution in [0.25, 0.3) is 0 Å². The lowest BCUT2D eigenvalue weighted by atomic mass is 10.0. The van der Waals surface area contributed by atoms with Gasteiger partial charge in [0.05, 0.1) is 17.3 Å². The van der Waals surface area contributed by atoms with Crippen molar-refractivity contribution >= 4 is 17.4 Å². The molecule has 0 radical (unpaired) electrons. The number of aromatic nitrogens is 2. The number of hydrogen-bond donors (Lipinski definition) is 0. The van der Waals surface area contributed by atoms with Crippen molar-refractivity contribution in [2.75, 3.05) is 32.1 Å². The van der Waals surface area contributed by atoms with Crippen LogP contribution in [-0.2, 0) is 6.18 Å². The monoisotopic (exact) mass is 407 g/mol. The van der Waals surface area contributed by atoms with Crippen molar-refractivity contribution in [2.45, 2.75) is 35.1 Å². The van der Waals surface area contributed by atoms with Gasteiger partial charge in [0.1, 0.15) is 5.69 Å². The van der Waals surface area contributed by atoms with E-state index in [1.165, 1.54) is 0 Å². The Morgan fingerprint density at radius 2 is 1.93 bits per heavy atom. The number of alkyl halides is 3. The van der Waals surface area contributed by atoms with Gasteiger partial charge in [-0.15, -0.1) is 0 Å². The first kappa shape index (κ1) is 20.4. The molecular weight excluding hydrogens is 387 g/mol. The highest BCUT2D eigenvalue weighted by atomic mass is 32.2. The Hall–Kier alpha value is -2.31. The van der Waals surface area contributed by atoms with Crippen molar-refractivity contribution in [3.8, 4) is 6.07 Å². The van der Waals surface area contributed by atoms with Crippen LogP contribution in [0, 0.1) is 11.3 Å². The van der Waals surface area contributed by atoms with E-state index in [0.29, 0.717) is 16.5 Å². The molecule has 1 saturated heterocycles. The smallest absolute Gasteiger partial charge is 0.370 e. The molecule has 28 heavy (non-hydrogen) atoms. The molecule has 1 fully saturated rings. The SMILES string of the molecule is CN(C)C1CCN(c2ccc(C#N)cc2Sc2nccc(C(F)(F)F)n2)CC1. The molecule has 148 valence electrons. The number of piperidine rings is 1. The minimum Gasteiger partial charge on any atom is -0.370 e. The molecular formula is C19H20F3N5S. The molecule has 0 spiro atoms. The van der Waals surface area contributed by atoms with Crippen LogP contribution in [0.2, 0.25) is 0 Å². The van der Waals surface area contributed by atoms with E-state index in [1.54, 1.807) is 12.1 Å². The van der Waals surface area contributed by atoms with Crippen molar-refractivity contribution in [3.05, 3.63) is 41.7 Å². The summed E-state index contributed by atoms with van der Waals surface area (Å²) in [4.78, 5) is 12.7. The topological polar surface area (TPSA) is 56.0 Å². The van der Waals surface area contributed by atoms with Gasteiger partial charge in [-0.1, -0.05) is 0 Å². The van der Waals surface area contributed by atoms with Gasteiger partial charge in [-0.25, -0.2) is 9.97 Å². The first-order chi connectivity index (χ1) is 13.3. The molecule has 1 aliphatic heterocycles. The average Bonchev–Trinajstić information content (AvgIpc) is 2.67. The zero-order valence-corrected chi connectivity index (χ0v) is 16.4. The Kier molecular flexibility index (Phi) is 6.10. The molecule has 0 amide bonds. The highest BCUT2D eigenvalue weighted by molar-refractivity contribution is 7.99. The van der Waals surface area contributed by atoms with E-state index in [0.717, 1.165) is 55.6 Å². The van der Waals surface area contributed by atoms with Gasteiger partial charge in [-0.05, 0) is 63.0 Å². The Morgan fingerprint density at radius 3 is 2.54 bits per heavy atom. The second-order valence-corrected chi connectivity index (χ2v) is 7.81. The summed E-state index contributed by atoms with van der Waals surface area (Å²) in [5, 5.41) is 9.23. The molecule has 1 aliphatic rings. The summed E-state index contributed by atoms with van der Waals surface area (Å²) in [5.41, 5.74) is 0.360. The van der Waals surface area contributed by atoms with Gasteiger partial charge in [-0.2, -0.15) is 18.4 Å². The van der Waals surface area contributed by atoms with Gasteiger partial charge < -0.3 is 9.80 Å². The maximum atomic E-state index is 12.9. The first-order valence-corrected chi connectivity index (χ1v) is 9.63. The minimum atomic E-state index is -4.52. The van der Waals surface area contributed by atoms with E-state index in [1.807, 2.05) is 6.07 Å². The summed E-state index contributed by atoms with van der Waals surface area (Å²) < 4.78 is 38.8. The standard InChI is InChI=1S/C19H20F3N5S/c1-26(2)14-6-9-27(10-7-14)15-4-3-13(12-23)11-16(15)28-18-24-8-5-17(25-18)19(20,21)22/h3-5,8,11,14H,6-7,9-10H2,1-2H3. The van der Waals surface area contributed by atoms with Gasteiger partial charge in [0.25, 0.3) is 0 Å². The highest BCUT2D eigenvalue weighted by Gasteiger charge is 2.33. The Bertz CT molecular complexity index is 871. The molecule has 1 aromatic heterocycles. The van der Waals surface area contributed by atoms with Gasteiger partial charge in [0.2, 0.25) is 0 Å². The van der Waals surface area contributed by atoms with E-state index in [4.69, 9.17) is 0 Å². The summed E-state index contributed by atoms with van der Waals surface area (Å²) in [7, 11) is 4.13. The number of rotatable bonds is 4. The molecule has 0 aliphatic carbocycles. The second kappa shape index (κ2) is 8.37. The third kappa shape index (κ3) is 4.75. The van der Waals surface area contributed by atoms with Crippen LogP contribution in [0.5, 0.6) is 0 Å². The van der Waals surface area contributed by atoms with Gasteiger partial charge in [0.15, 0.2) is 5.16 Å². The van der Waals surface area contributed by atoms with Crippen LogP contribution in [0.15, 0.2) is 40.5 Å². The fourth-order valence-corrected chi connectivity index (χ4v) is 4.14. The van der Waals surface area contributed by atoms with Crippen molar-refractivity contribution in [2.24, 2.45) is 0 Å².